The van der Waals surface area contributed by atoms with Gasteiger partial charge >= 0.3 is 5.91 Å². The van der Waals surface area contributed by atoms with Gasteiger partial charge in [-0.3, -0.25) is 4.79 Å². The lowest BCUT2D eigenvalue weighted by molar-refractivity contribution is 0.0929. The Balaban J connectivity index is 1.59. The predicted octanol–water partition coefficient (Wildman–Crippen LogP) is 6.20. The van der Waals surface area contributed by atoms with E-state index in [1.807, 2.05) is 24.3 Å². The van der Waals surface area contributed by atoms with E-state index in [1.165, 1.54) is 5.57 Å². The largest absolute Gasteiger partial charge is 0.496 e. The third-order valence-corrected chi connectivity index (χ3v) is 6.96. The maximum absolute atomic E-state index is 12.6. The summed E-state index contributed by atoms with van der Waals surface area (Å²) in [6.07, 6.45) is 3.83. The summed E-state index contributed by atoms with van der Waals surface area (Å²) in [5, 5.41) is 5.00. The maximum Gasteiger partial charge on any atom is 0.307 e. The van der Waals surface area contributed by atoms with Crippen LogP contribution in [0.4, 0.5) is 5.69 Å². The number of hydrogen-bond acceptors (Lipinski definition) is 5. The van der Waals surface area contributed by atoms with E-state index in [1.54, 1.807) is 19.4 Å². The van der Waals surface area contributed by atoms with Gasteiger partial charge in [0.2, 0.25) is 0 Å². The van der Waals surface area contributed by atoms with Gasteiger partial charge in [0.15, 0.2) is 5.76 Å². The highest BCUT2D eigenvalue weighted by molar-refractivity contribution is 14.1. The van der Waals surface area contributed by atoms with Gasteiger partial charge in [0, 0.05) is 39.8 Å². The summed E-state index contributed by atoms with van der Waals surface area (Å²) in [4.78, 5) is 14.8. The minimum Gasteiger partial charge on any atom is -0.496 e. The molecule has 0 aliphatic carbocycles. The quantitative estimate of drug-likeness (QED) is 0.218. The van der Waals surface area contributed by atoms with Crippen molar-refractivity contribution >= 4 is 72.9 Å². The zero-order valence-corrected chi connectivity index (χ0v) is 22.2. The van der Waals surface area contributed by atoms with Gasteiger partial charge in [-0.25, -0.2) is 5.43 Å². The van der Waals surface area contributed by atoms with E-state index < -0.39 is 5.91 Å². The molecule has 0 saturated heterocycles. The number of carbonyl (C=O) groups excluding carboxylic acids is 1. The average molecular weight is 608 g/mol. The summed E-state index contributed by atoms with van der Waals surface area (Å²) in [6, 6.07) is 9.59. The molecule has 4 rings (SSSR count). The zero-order valence-electron chi connectivity index (χ0n) is 18.4. The third-order valence-electron chi connectivity index (χ3n) is 5.70. The fourth-order valence-corrected chi connectivity index (χ4v) is 5.54. The first-order valence-corrected chi connectivity index (χ1v) is 11.9. The molecule has 0 radical (unpaired) electrons. The van der Waals surface area contributed by atoms with Crippen molar-refractivity contribution in [1.82, 2.24) is 5.43 Å². The molecule has 0 atom stereocenters. The number of carbonyl (C=O) groups is 1. The Morgan fingerprint density at radius 1 is 1.28 bits per heavy atom. The molecule has 1 aliphatic rings. The molecule has 6 nitrogen and oxygen atoms in total. The number of halogens is 2. The van der Waals surface area contributed by atoms with Crippen LogP contribution in [0.25, 0.3) is 16.5 Å². The molecule has 1 amide bonds. The number of benzene rings is 2. The average Bonchev–Trinajstić information content (AvgIpc) is 3.16. The van der Waals surface area contributed by atoms with Gasteiger partial charge in [-0.05, 0) is 73.2 Å². The van der Waals surface area contributed by atoms with Crippen LogP contribution in [0.3, 0.4) is 0 Å². The first kappa shape index (κ1) is 22.8. The van der Waals surface area contributed by atoms with Crippen molar-refractivity contribution in [2.45, 2.75) is 26.3 Å². The van der Waals surface area contributed by atoms with Crippen molar-refractivity contribution in [3.8, 4) is 5.75 Å². The standard InChI is InChI=1S/C24H23BrIN3O3/c1-13-11-24(2,3)29(4)19-10-20(31-5)15(7-17(13)19)12-27-28-23(30)21-8-14-6-16(25)9-18(26)22(14)32-21/h6-12H,1-5H3,(H,28,30)/b27-12-. The van der Waals surface area contributed by atoms with Crippen LogP contribution in [0.2, 0.25) is 0 Å². The monoisotopic (exact) mass is 607 g/mol. The highest BCUT2D eigenvalue weighted by Crippen LogP contribution is 2.40. The second-order valence-corrected chi connectivity index (χ2v) is 10.3. The van der Waals surface area contributed by atoms with Gasteiger partial charge in [-0.2, -0.15) is 5.10 Å². The van der Waals surface area contributed by atoms with E-state index in [0.717, 1.165) is 30.2 Å². The SMILES string of the molecule is COc1cc2c(cc1/C=N\NC(=O)c1cc3cc(Br)cc(I)c3o1)C(C)=CC(C)(C)N2C. The molecule has 1 aliphatic heterocycles. The molecule has 0 spiro atoms. The number of hydrazone groups is 1. The predicted molar refractivity (Wildman–Crippen MR) is 141 cm³/mol. The van der Waals surface area contributed by atoms with E-state index in [9.17, 15) is 4.79 Å². The lowest BCUT2D eigenvalue weighted by atomic mass is 9.88. The lowest BCUT2D eigenvalue weighted by Crippen LogP contribution is -2.42. The van der Waals surface area contributed by atoms with E-state index >= 15 is 0 Å². The van der Waals surface area contributed by atoms with Gasteiger partial charge in [0.1, 0.15) is 11.3 Å². The normalized spacial score (nSPS) is 15.1. The number of furan rings is 1. The van der Waals surface area contributed by atoms with Crippen LogP contribution in [-0.2, 0) is 0 Å². The number of methoxy groups -OCH3 is 1. The lowest BCUT2D eigenvalue weighted by Gasteiger charge is -2.40. The number of nitrogens with zero attached hydrogens (tertiary/aromatic N) is 2. The van der Waals surface area contributed by atoms with E-state index in [4.69, 9.17) is 9.15 Å². The molecule has 3 aromatic rings. The molecular weight excluding hydrogens is 585 g/mol. The minimum atomic E-state index is -0.418. The zero-order chi connectivity index (χ0) is 23.2. The number of anilines is 1. The summed E-state index contributed by atoms with van der Waals surface area (Å²) >= 11 is 5.64. The fourth-order valence-electron chi connectivity index (χ4n) is 3.87. The van der Waals surface area contributed by atoms with E-state index in [-0.39, 0.29) is 11.3 Å². The molecule has 0 bridgehead atoms. The van der Waals surface area contributed by atoms with Crippen LogP contribution in [0, 0.1) is 3.57 Å². The molecule has 0 unspecified atom stereocenters. The minimum absolute atomic E-state index is 0.0916. The Bertz CT molecular complexity index is 1290. The second kappa shape index (κ2) is 8.55. The fraction of sp³-hybridized carbons (Fsp3) is 0.250. The maximum atomic E-state index is 12.6. The van der Waals surface area contributed by atoms with Crippen LogP contribution in [0.5, 0.6) is 5.75 Å². The second-order valence-electron chi connectivity index (χ2n) is 8.27. The summed E-state index contributed by atoms with van der Waals surface area (Å²) in [7, 11) is 3.70. The van der Waals surface area contributed by atoms with Crippen molar-refractivity contribution in [3.63, 3.8) is 0 Å². The number of nitrogens with one attached hydrogen (secondary N) is 1. The topological polar surface area (TPSA) is 67.1 Å². The Hall–Kier alpha value is -2.33. The number of allylic oxidation sites excluding steroid dienone is 1. The van der Waals surface area contributed by atoms with Crippen LogP contribution in [-0.4, -0.2) is 31.8 Å². The number of hydrogen-bond donors (Lipinski definition) is 1. The third kappa shape index (κ3) is 4.17. The first-order chi connectivity index (χ1) is 15.1. The molecule has 8 heteroatoms. The molecule has 32 heavy (non-hydrogen) atoms. The van der Waals surface area contributed by atoms with Crippen molar-refractivity contribution in [1.29, 1.82) is 0 Å². The van der Waals surface area contributed by atoms with Crippen LogP contribution in [0.15, 0.2) is 50.4 Å². The van der Waals surface area contributed by atoms with Gasteiger partial charge in [0.25, 0.3) is 0 Å². The Morgan fingerprint density at radius 2 is 2.03 bits per heavy atom. The summed E-state index contributed by atoms with van der Waals surface area (Å²) in [5.41, 5.74) is 7.30. The van der Waals surface area contributed by atoms with Crippen molar-refractivity contribution in [2.75, 3.05) is 19.1 Å². The summed E-state index contributed by atoms with van der Waals surface area (Å²) in [6.45, 7) is 6.45. The highest BCUT2D eigenvalue weighted by atomic mass is 127. The summed E-state index contributed by atoms with van der Waals surface area (Å²) in [5.74, 6) is 0.467. The van der Waals surface area contributed by atoms with Crippen molar-refractivity contribution in [3.05, 3.63) is 61.3 Å². The van der Waals surface area contributed by atoms with Gasteiger partial charge < -0.3 is 14.1 Å². The van der Waals surface area contributed by atoms with Crippen molar-refractivity contribution in [2.24, 2.45) is 5.10 Å². The smallest absolute Gasteiger partial charge is 0.307 e. The van der Waals surface area contributed by atoms with Gasteiger partial charge in [-0.15, -0.1) is 0 Å². The molecule has 2 heterocycles. The van der Waals surface area contributed by atoms with Crippen LogP contribution >= 0.6 is 38.5 Å². The van der Waals surface area contributed by atoms with Crippen LogP contribution < -0.4 is 15.1 Å². The number of rotatable bonds is 4. The Kier molecular flexibility index (Phi) is 6.10. The van der Waals surface area contributed by atoms with E-state index in [0.29, 0.717) is 11.3 Å². The van der Waals surface area contributed by atoms with E-state index in [2.05, 4.69) is 87.8 Å². The number of fused-ring (bicyclic) bond motifs is 2. The molecule has 0 fully saturated rings. The van der Waals surface area contributed by atoms with Gasteiger partial charge in [0.05, 0.1) is 22.4 Å². The first-order valence-electron chi connectivity index (χ1n) is 9.98. The van der Waals surface area contributed by atoms with Gasteiger partial charge in [-0.1, -0.05) is 22.0 Å². The molecule has 2 aromatic carbocycles. The highest BCUT2D eigenvalue weighted by Gasteiger charge is 2.29. The molecule has 1 N–H and O–H groups in total. The van der Waals surface area contributed by atoms with Crippen molar-refractivity contribution < 1.29 is 13.9 Å². The Labute approximate surface area is 208 Å². The molecular formula is C24H23BrIN3O3. The Morgan fingerprint density at radius 3 is 2.75 bits per heavy atom. The number of ether oxygens (including phenoxy) is 1. The number of likely N-dealkylation sites (N-methyl/N-ethyl adjacent to an activating group) is 1. The molecule has 0 saturated carbocycles. The summed E-state index contributed by atoms with van der Waals surface area (Å²) < 4.78 is 13.2. The molecule has 166 valence electrons. The van der Waals surface area contributed by atoms with Crippen LogP contribution in [0.1, 0.15) is 42.5 Å². The number of amides is 1. The molecule has 1 aromatic heterocycles.